The van der Waals surface area contributed by atoms with Crippen molar-refractivity contribution in [1.29, 1.82) is 0 Å². The molecule has 0 spiro atoms. The lowest BCUT2D eigenvalue weighted by Gasteiger charge is -2.25. The van der Waals surface area contributed by atoms with Crippen molar-refractivity contribution in [3.8, 4) is 0 Å². The average molecular weight is 236 g/mol. The van der Waals surface area contributed by atoms with Crippen LogP contribution in [0.4, 0.5) is 0 Å². The minimum atomic E-state index is -0.416. The van der Waals surface area contributed by atoms with Gasteiger partial charge in [0.15, 0.2) is 0 Å². The van der Waals surface area contributed by atoms with Crippen molar-refractivity contribution < 1.29 is 9.90 Å². The molecule has 17 heavy (non-hydrogen) atoms. The van der Waals surface area contributed by atoms with E-state index in [2.05, 4.69) is 10.3 Å². The summed E-state index contributed by atoms with van der Waals surface area (Å²) >= 11 is 0. The molecule has 0 fully saturated rings. The first kappa shape index (κ1) is 13.6. The Morgan fingerprint density at radius 2 is 2.00 bits per heavy atom. The summed E-state index contributed by atoms with van der Waals surface area (Å²) < 4.78 is 0. The Kier molecular flexibility index (Phi) is 4.63. The van der Waals surface area contributed by atoms with E-state index in [9.17, 15) is 9.90 Å². The van der Waals surface area contributed by atoms with Crippen molar-refractivity contribution in [2.75, 3.05) is 6.54 Å². The fraction of sp³-hybridized carbons (Fsp3) is 0.538. The van der Waals surface area contributed by atoms with Crippen LogP contribution in [-0.2, 0) is 0 Å². The van der Waals surface area contributed by atoms with E-state index in [4.69, 9.17) is 0 Å². The van der Waals surface area contributed by atoms with Crippen LogP contribution >= 0.6 is 0 Å². The van der Waals surface area contributed by atoms with Gasteiger partial charge >= 0.3 is 0 Å². The lowest BCUT2D eigenvalue weighted by Crippen LogP contribution is -2.32. The number of rotatable bonds is 4. The van der Waals surface area contributed by atoms with Crippen molar-refractivity contribution in [1.82, 2.24) is 10.3 Å². The summed E-state index contributed by atoms with van der Waals surface area (Å²) in [6, 6.07) is 3.32. The Hall–Kier alpha value is -1.42. The molecule has 0 bridgehead atoms. The summed E-state index contributed by atoms with van der Waals surface area (Å²) in [5.74, 6) is -0.131. The molecule has 1 rings (SSSR count). The van der Waals surface area contributed by atoms with Gasteiger partial charge in [-0.25, -0.2) is 0 Å². The summed E-state index contributed by atoms with van der Waals surface area (Å²) in [5, 5.41) is 12.6. The molecule has 0 aromatic carbocycles. The number of aliphatic hydroxyl groups excluding tert-OH is 1. The monoisotopic (exact) mass is 236 g/mol. The van der Waals surface area contributed by atoms with Crippen LogP contribution in [-0.4, -0.2) is 28.6 Å². The molecule has 1 unspecified atom stereocenters. The quantitative estimate of drug-likeness (QED) is 0.835. The van der Waals surface area contributed by atoms with Crippen LogP contribution < -0.4 is 5.32 Å². The predicted octanol–water partition coefficient (Wildman–Crippen LogP) is 1.61. The Bertz CT molecular complexity index is 357. The molecule has 4 heteroatoms. The number of nitrogens with zero attached hydrogens (tertiary/aromatic N) is 1. The first-order valence-electron chi connectivity index (χ1n) is 5.77. The molecule has 0 aliphatic heterocycles. The van der Waals surface area contributed by atoms with Gasteiger partial charge in [0.05, 0.1) is 6.10 Å². The highest BCUT2D eigenvalue weighted by Crippen LogP contribution is 2.20. The lowest BCUT2D eigenvalue weighted by molar-refractivity contribution is 0.0551. The fourth-order valence-corrected chi connectivity index (χ4v) is 1.36. The summed E-state index contributed by atoms with van der Waals surface area (Å²) in [4.78, 5) is 15.5. The number of aromatic nitrogens is 1. The first-order valence-corrected chi connectivity index (χ1v) is 5.77. The van der Waals surface area contributed by atoms with Gasteiger partial charge in [-0.2, -0.15) is 0 Å². The van der Waals surface area contributed by atoms with Crippen LogP contribution in [0, 0.1) is 5.41 Å². The molecule has 94 valence electrons. The first-order chi connectivity index (χ1) is 7.91. The molecule has 1 aromatic rings. The normalized spacial score (nSPS) is 13.2. The minimum Gasteiger partial charge on any atom is -0.393 e. The van der Waals surface area contributed by atoms with E-state index >= 15 is 0 Å². The standard InChI is InChI=1S/C13H20N2O2/c1-13(2,3)11(16)6-9-15-12(17)10-4-7-14-8-5-10/h4-5,7-8,11,16H,6,9H2,1-3H3,(H,15,17). The van der Waals surface area contributed by atoms with Gasteiger partial charge in [0.1, 0.15) is 0 Å². The third kappa shape index (κ3) is 4.53. The number of carbonyl (C=O) groups is 1. The third-order valence-corrected chi connectivity index (χ3v) is 2.65. The maximum Gasteiger partial charge on any atom is 0.251 e. The second-order valence-corrected chi connectivity index (χ2v) is 5.16. The zero-order valence-corrected chi connectivity index (χ0v) is 10.6. The summed E-state index contributed by atoms with van der Waals surface area (Å²) in [5.41, 5.74) is 0.437. The lowest BCUT2D eigenvalue weighted by atomic mass is 9.87. The molecular weight excluding hydrogens is 216 g/mol. The van der Waals surface area contributed by atoms with Crippen molar-refractivity contribution in [2.24, 2.45) is 5.41 Å². The minimum absolute atomic E-state index is 0.131. The number of hydrogen-bond acceptors (Lipinski definition) is 3. The van der Waals surface area contributed by atoms with Gasteiger partial charge in [-0.15, -0.1) is 0 Å². The highest BCUT2D eigenvalue weighted by molar-refractivity contribution is 5.93. The Balaban J connectivity index is 2.35. The number of aliphatic hydroxyl groups is 1. The van der Waals surface area contributed by atoms with E-state index in [1.807, 2.05) is 20.8 Å². The Morgan fingerprint density at radius 1 is 1.41 bits per heavy atom. The topological polar surface area (TPSA) is 62.2 Å². The maximum atomic E-state index is 11.7. The van der Waals surface area contributed by atoms with E-state index < -0.39 is 6.10 Å². The Labute approximate surface area is 102 Å². The molecule has 1 heterocycles. The highest BCUT2D eigenvalue weighted by atomic mass is 16.3. The molecule has 1 amide bonds. The van der Waals surface area contributed by atoms with Crippen LogP contribution in [0.15, 0.2) is 24.5 Å². The van der Waals surface area contributed by atoms with E-state index in [1.165, 1.54) is 0 Å². The zero-order valence-electron chi connectivity index (χ0n) is 10.6. The molecule has 0 aliphatic carbocycles. The molecule has 0 radical (unpaired) electrons. The SMILES string of the molecule is CC(C)(C)C(O)CCNC(=O)c1ccncc1. The molecule has 0 saturated heterocycles. The van der Waals surface area contributed by atoms with Crippen LogP contribution in [0.25, 0.3) is 0 Å². The third-order valence-electron chi connectivity index (χ3n) is 2.65. The van der Waals surface area contributed by atoms with Crippen molar-refractivity contribution in [2.45, 2.75) is 33.3 Å². The molecule has 1 aromatic heterocycles. The van der Waals surface area contributed by atoms with Gasteiger partial charge in [-0.1, -0.05) is 20.8 Å². The van der Waals surface area contributed by atoms with Crippen LogP contribution in [0.3, 0.4) is 0 Å². The van der Waals surface area contributed by atoms with Gasteiger partial charge in [0.25, 0.3) is 5.91 Å². The van der Waals surface area contributed by atoms with E-state index in [1.54, 1.807) is 24.5 Å². The molecule has 1 atom stereocenters. The maximum absolute atomic E-state index is 11.7. The zero-order chi connectivity index (χ0) is 12.9. The summed E-state index contributed by atoms with van der Waals surface area (Å²) in [7, 11) is 0. The van der Waals surface area contributed by atoms with Gasteiger partial charge in [0.2, 0.25) is 0 Å². The average Bonchev–Trinajstić information content (AvgIpc) is 2.28. The van der Waals surface area contributed by atoms with Gasteiger partial charge in [0, 0.05) is 24.5 Å². The summed E-state index contributed by atoms with van der Waals surface area (Å²) in [6.07, 6.45) is 3.30. The molecule has 0 aliphatic rings. The van der Waals surface area contributed by atoms with Crippen molar-refractivity contribution in [3.05, 3.63) is 30.1 Å². The smallest absolute Gasteiger partial charge is 0.251 e. The van der Waals surface area contributed by atoms with Crippen LogP contribution in [0.2, 0.25) is 0 Å². The van der Waals surface area contributed by atoms with Gasteiger partial charge in [-0.3, -0.25) is 9.78 Å². The van der Waals surface area contributed by atoms with Gasteiger partial charge < -0.3 is 10.4 Å². The van der Waals surface area contributed by atoms with Crippen LogP contribution in [0.5, 0.6) is 0 Å². The second-order valence-electron chi connectivity index (χ2n) is 5.16. The van der Waals surface area contributed by atoms with E-state index in [-0.39, 0.29) is 11.3 Å². The molecule has 2 N–H and O–H groups in total. The number of pyridine rings is 1. The number of amides is 1. The molecular formula is C13H20N2O2. The molecule has 4 nitrogen and oxygen atoms in total. The van der Waals surface area contributed by atoms with Crippen molar-refractivity contribution in [3.63, 3.8) is 0 Å². The predicted molar refractivity (Wildman–Crippen MR) is 66.6 cm³/mol. The summed E-state index contributed by atoms with van der Waals surface area (Å²) in [6.45, 7) is 6.40. The largest absolute Gasteiger partial charge is 0.393 e. The Morgan fingerprint density at radius 3 is 2.53 bits per heavy atom. The van der Waals surface area contributed by atoms with Crippen molar-refractivity contribution >= 4 is 5.91 Å². The molecule has 0 saturated carbocycles. The van der Waals surface area contributed by atoms with E-state index in [0.29, 0.717) is 18.5 Å². The second kappa shape index (κ2) is 5.77. The fourth-order valence-electron chi connectivity index (χ4n) is 1.36. The van der Waals surface area contributed by atoms with Gasteiger partial charge in [-0.05, 0) is 24.0 Å². The number of nitrogens with one attached hydrogen (secondary N) is 1. The van der Waals surface area contributed by atoms with E-state index in [0.717, 1.165) is 0 Å². The highest BCUT2D eigenvalue weighted by Gasteiger charge is 2.21. The van der Waals surface area contributed by atoms with Crippen LogP contribution in [0.1, 0.15) is 37.6 Å². The number of carbonyl (C=O) groups excluding carboxylic acids is 1. The number of hydrogen-bond donors (Lipinski definition) is 2.